The number of benzene rings is 1. The lowest BCUT2D eigenvalue weighted by molar-refractivity contribution is -0.118. The van der Waals surface area contributed by atoms with E-state index in [1.165, 1.54) is 12.1 Å². The number of carbonyl (C=O) groups excluding carboxylic acids is 1. The first-order valence-corrected chi connectivity index (χ1v) is 5.03. The first kappa shape index (κ1) is 12.6. The molecule has 0 radical (unpaired) electrons. The van der Waals surface area contributed by atoms with Crippen LogP contribution in [0.2, 0.25) is 0 Å². The molecule has 88 valence electrons. The largest absolute Gasteiger partial charge is 0.370 e. The van der Waals surface area contributed by atoms with Crippen LogP contribution in [0.1, 0.15) is 18.4 Å². The Kier molecular flexibility index (Phi) is 4.85. The third kappa shape index (κ3) is 3.94. The van der Waals surface area contributed by atoms with Crippen LogP contribution in [0, 0.1) is 11.6 Å². The molecule has 0 saturated heterocycles. The first-order chi connectivity index (χ1) is 7.61. The highest BCUT2D eigenvalue weighted by Gasteiger charge is 2.06. The Morgan fingerprint density at radius 2 is 2.12 bits per heavy atom. The fourth-order valence-corrected chi connectivity index (χ4v) is 1.30. The van der Waals surface area contributed by atoms with Crippen LogP contribution in [0.3, 0.4) is 0 Å². The fraction of sp³-hybridized carbons (Fsp3) is 0.364. The number of amides is 1. The highest BCUT2D eigenvalue weighted by atomic mass is 19.2. The maximum atomic E-state index is 13.1. The van der Waals surface area contributed by atoms with Gasteiger partial charge in [-0.05, 0) is 19.0 Å². The molecular formula is C11H14F2N2O. The molecule has 0 aromatic heterocycles. The van der Waals surface area contributed by atoms with E-state index in [0.717, 1.165) is 6.07 Å². The summed E-state index contributed by atoms with van der Waals surface area (Å²) in [6.45, 7) is 0.779. The molecule has 0 atom stereocenters. The van der Waals surface area contributed by atoms with E-state index in [2.05, 4.69) is 5.32 Å². The summed E-state index contributed by atoms with van der Waals surface area (Å²) in [6, 6.07) is 4.05. The van der Waals surface area contributed by atoms with Gasteiger partial charge in [0.05, 0.1) is 0 Å². The van der Waals surface area contributed by atoms with Gasteiger partial charge in [-0.3, -0.25) is 4.79 Å². The summed E-state index contributed by atoms with van der Waals surface area (Å²) in [5, 5.41) is 2.91. The van der Waals surface area contributed by atoms with Gasteiger partial charge >= 0.3 is 0 Å². The van der Waals surface area contributed by atoms with E-state index in [1.807, 2.05) is 0 Å². The second kappa shape index (κ2) is 6.17. The molecule has 1 aromatic carbocycles. The highest BCUT2D eigenvalue weighted by molar-refractivity contribution is 5.73. The Labute approximate surface area is 92.6 Å². The van der Waals surface area contributed by atoms with Crippen LogP contribution in [-0.4, -0.2) is 12.5 Å². The molecule has 1 rings (SSSR count). The van der Waals surface area contributed by atoms with Crippen molar-refractivity contribution in [3.8, 4) is 0 Å². The van der Waals surface area contributed by atoms with E-state index in [1.54, 1.807) is 0 Å². The van der Waals surface area contributed by atoms with Crippen molar-refractivity contribution >= 4 is 5.91 Å². The number of rotatable bonds is 6. The standard InChI is InChI=1S/C11H14F2N2O/c12-9-4-1-3-8(11(9)13)7-15-6-2-5-10(14)16/h1,3-4,15H,2,5-7H2,(H2,14,16). The highest BCUT2D eigenvalue weighted by Crippen LogP contribution is 2.10. The van der Waals surface area contributed by atoms with Crippen molar-refractivity contribution < 1.29 is 13.6 Å². The number of carbonyl (C=O) groups is 1. The molecule has 3 nitrogen and oxygen atoms in total. The number of halogens is 2. The lowest BCUT2D eigenvalue weighted by Crippen LogP contribution is -2.18. The molecule has 0 fully saturated rings. The summed E-state index contributed by atoms with van der Waals surface area (Å²) in [5.41, 5.74) is 5.23. The summed E-state index contributed by atoms with van der Waals surface area (Å²) in [7, 11) is 0. The maximum absolute atomic E-state index is 13.1. The second-order valence-electron chi connectivity index (χ2n) is 3.46. The summed E-state index contributed by atoms with van der Waals surface area (Å²) < 4.78 is 25.9. The monoisotopic (exact) mass is 228 g/mol. The van der Waals surface area contributed by atoms with Crippen LogP contribution in [0.15, 0.2) is 18.2 Å². The summed E-state index contributed by atoms with van der Waals surface area (Å²) in [6.07, 6.45) is 0.880. The van der Waals surface area contributed by atoms with Gasteiger partial charge in [-0.25, -0.2) is 8.78 Å². The first-order valence-electron chi connectivity index (χ1n) is 5.03. The molecular weight excluding hydrogens is 214 g/mol. The Hall–Kier alpha value is -1.49. The van der Waals surface area contributed by atoms with Crippen molar-refractivity contribution in [3.63, 3.8) is 0 Å². The zero-order valence-electron chi connectivity index (χ0n) is 8.80. The molecule has 5 heteroatoms. The van der Waals surface area contributed by atoms with Crippen molar-refractivity contribution in [3.05, 3.63) is 35.4 Å². The quantitative estimate of drug-likeness (QED) is 0.721. The predicted octanol–water partition coefficient (Wildman–Crippen LogP) is 1.32. The van der Waals surface area contributed by atoms with E-state index in [9.17, 15) is 13.6 Å². The number of nitrogens with one attached hydrogen (secondary N) is 1. The van der Waals surface area contributed by atoms with E-state index in [-0.39, 0.29) is 18.0 Å². The van der Waals surface area contributed by atoms with Crippen LogP contribution in [0.4, 0.5) is 8.78 Å². The molecule has 3 N–H and O–H groups in total. The van der Waals surface area contributed by atoms with Gasteiger partial charge in [0.15, 0.2) is 11.6 Å². The topological polar surface area (TPSA) is 55.1 Å². The van der Waals surface area contributed by atoms with Crippen LogP contribution < -0.4 is 11.1 Å². The van der Waals surface area contributed by atoms with Crippen LogP contribution in [0.5, 0.6) is 0 Å². The molecule has 0 heterocycles. The summed E-state index contributed by atoms with van der Waals surface area (Å²) >= 11 is 0. The van der Waals surface area contributed by atoms with E-state index in [0.29, 0.717) is 19.4 Å². The van der Waals surface area contributed by atoms with Crippen LogP contribution >= 0.6 is 0 Å². The molecule has 0 spiro atoms. The number of nitrogens with two attached hydrogens (primary N) is 1. The SMILES string of the molecule is NC(=O)CCCNCc1cccc(F)c1F. The van der Waals surface area contributed by atoms with Crippen molar-refractivity contribution in [2.24, 2.45) is 5.73 Å². The minimum Gasteiger partial charge on any atom is -0.370 e. The predicted molar refractivity (Wildman–Crippen MR) is 56.5 cm³/mol. The molecule has 0 aliphatic heterocycles. The van der Waals surface area contributed by atoms with Gasteiger partial charge in [-0.1, -0.05) is 12.1 Å². The number of primary amides is 1. The van der Waals surface area contributed by atoms with Crippen molar-refractivity contribution in [2.75, 3.05) is 6.54 Å². The lowest BCUT2D eigenvalue weighted by atomic mass is 10.2. The number of hydrogen-bond donors (Lipinski definition) is 2. The second-order valence-corrected chi connectivity index (χ2v) is 3.46. The van der Waals surface area contributed by atoms with Gasteiger partial charge in [0.1, 0.15) is 0 Å². The van der Waals surface area contributed by atoms with Crippen molar-refractivity contribution in [1.82, 2.24) is 5.32 Å². The molecule has 1 aromatic rings. The Morgan fingerprint density at radius 1 is 1.38 bits per heavy atom. The molecule has 0 aliphatic carbocycles. The van der Waals surface area contributed by atoms with Gasteiger partial charge in [-0.15, -0.1) is 0 Å². The van der Waals surface area contributed by atoms with Gasteiger partial charge in [-0.2, -0.15) is 0 Å². The Bertz CT molecular complexity index is 369. The van der Waals surface area contributed by atoms with Gasteiger partial charge < -0.3 is 11.1 Å². The molecule has 16 heavy (non-hydrogen) atoms. The average Bonchev–Trinajstić information content (AvgIpc) is 2.23. The van der Waals surface area contributed by atoms with Gasteiger partial charge in [0, 0.05) is 18.5 Å². The maximum Gasteiger partial charge on any atom is 0.217 e. The lowest BCUT2D eigenvalue weighted by Gasteiger charge is -2.05. The zero-order valence-corrected chi connectivity index (χ0v) is 8.80. The molecule has 0 saturated carbocycles. The van der Waals surface area contributed by atoms with Crippen LogP contribution in [-0.2, 0) is 11.3 Å². The Morgan fingerprint density at radius 3 is 2.81 bits per heavy atom. The van der Waals surface area contributed by atoms with Crippen molar-refractivity contribution in [2.45, 2.75) is 19.4 Å². The number of hydrogen-bond acceptors (Lipinski definition) is 2. The molecule has 0 unspecified atom stereocenters. The van der Waals surface area contributed by atoms with Gasteiger partial charge in [0.25, 0.3) is 0 Å². The van der Waals surface area contributed by atoms with Gasteiger partial charge in [0.2, 0.25) is 5.91 Å². The zero-order chi connectivity index (χ0) is 12.0. The molecule has 0 aliphatic rings. The normalized spacial score (nSPS) is 10.4. The smallest absolute Gasteiger partial charge is 0.217 e. The van der Waals surface area contributed by atoms with E-state index >= 15 is 0 Å². The van der Waals surface area contributed by atoms with E-state index < -0.39 is 11.6 Å². The minimum atomic E-state index is -0.851. The summed E-state index contributed by atoms with van der Waals surface area (Å²) in [5.74, 6) is -2.04. The average molecular weight is 228 g/mol. The molecule has 0 bridgehead atoms. The molecule has 1 amide bonds. The van der Waals surface area contributed by atoms with E-state index in [4.69, 9.17) is 5.73 Å². The van der Waals surface area contributed by atoms with Crippen molar-refractivity contribution in [1.29, 1.82) is 0 Å². The van der Waals surface area contributed by atoms with Crippen LogP contribution in [0.25, 0.3) is 0 Å². The Balaban J connectivity index is 2.32. The fourth-order valence-electron chi connectivity index (χ4n) is 1.30. The minimum absolute atomic E-state index is 0.238. The third-order valence-electron chi connectivity index (χ3n) is 2.12. The third-order valence-corrected chi connectivity index (χ3v) is 2.12. The summed E-state index contributed by atoms with van der Waals surface area (Å²) in [4.78, 5) is 10.4.